The number of aliphatic imine (C=N–C) groups is 1. The number of para-hydroxylation sites is 1. The second-order valence-electron chi connectivity index (χ2n) is 6.16. The normalized spacial score (nSPS) is 17.3. The molecule has 0 bridgehead atoms. The first kappa shape index (κ1) is 18.3. The fourth-order valence-electron chi connectivity index (χ4n) is 2.68. The van der Waals surface area contributed by atoms with Gasteiger partial charge in [0.05, 0.1) is 22.3 Å². The van der Waals surface area contributed by atoms with Crippen molar-refractivity contribution in [1.29, 1.82) is 0 Å². The minimum absolute atomic E-state index is 0.0155. The van der Waals surface area contributed by atoms with Gasteiger partial charge in [0.15, 0.2) is 11.0 Å². The van der Waals surface area contributed by atoms with Gasteiger partial charge in [-0.2, -0.15) is 0 Å². The molecule has 2 atom stereocenters. The van der Waals surface area contributed by atoms with Crippen LogP contribution in [0.15, 0.2) is 29.3 Å². The quantitative estimate of drug-likeness (QED) is 0.228. The fraction of sp³-hybridized carbons (Fsp3) is 0.412. The predicted octanol–water partition coefficient (Wildman–Crippen LogP) is 0.379. The van der Waals surface area contributed by atoms with E-state index in [0.29, 0.717) is 24.4 Å². The number of hydrogen-bond donors (Lipinski definition) is 4. The van der Waals surface area contributed by atoms with E-state index in [4.69, 9.17) is 11.5 Å². The van der Waals surface area contributed by atoms with Crippen molar-refractivity contribution in [2.45, 2.75) is 31.3 Å². The lowest BCUT2D eigenvalue weighted by Crippen LogP contribution is -2.56. The highest BCUT2D eigenvalue weighted by Gasteiger charge is 2.30. The number of fused-ring (bicyclic) bond motifs is 1. The van der Waals surface area contributed by atoms with Crippen LogP contribution in [0.5, 0.6) is 0 Å². The SMILES string of the molecule is NC(N)=NCCCC(NC(=O)[C@@H]1CCN1)C(=O)c1nc2ccccc2s1. The number of hydrogen-bond acceptors (Lipinski definition) is 6. The maximum atomic E-state index is 12.9. The summed E-state index contributed by atoms with van der Waals surface area (Å²) >= 11 is 1.34. The van der Waals surface area contributed by atoms with E-state index < -0.39 is 6.04 Å². The summed E-state index contributed by atoms with van der Waals surface area (Å²) < 4.78 is 0.946. The highest BCUT2D eigenvalue weighted by Crippen LogP contribution is 2.23. The highest BCUT2D eigenvalue weighted by atomic mass is 32.1. The van der Waals surface area contributed by atoms with Crippen LogP contribution >= 0.6 is 11.3 Å². The number of rotatable bonds is 8. The van der Waals surface area contributed by atoms with E-state index in [-0.39, 0.29) is 23.7 Å². The lowest BCUT2D eigenvalue weighted by Gasteiger charge is -2.28. The maximum absolute atomic E-state index is 12.9. The molecule has 26 heavy (non-hydrogen) atoms. The fourth-order valence-corrected chi connectivity index (χ4v) is 3.64. The Kier molecular flexibility index (Phi) is 5.79. The Hall–Kier alpha value is -2.52. The number of carbonyl (C=O) groups is 2. The summed E-state index contributed by atoms with van der Waals surface area (Å²) in [7, 11) is 0. The summed E-state index contributed by atoms with van der Waals surface area (Å²) in [5.41, 5.74) is 11.4. The smallest absolute Gasteiger partial charge is 0.237 e. The minimum atomic E-state index is -0.639. The van der Waals surface area contributed by atoms with Crippen LogP contribution < -0.4 is 22.1 Å². The van der Waals surface area contributed by atoms with Crippen LogP contribution in [0, 0.1) is 0 Å². The van der Waals surface area contributed by atoms with Crippen molar-refractivity contribution >= 4 is 39.2 Å². The average Bonchev–Trinajstić information content (AvgIpc) is 2.99. The molecule has 1 unspecified atom stereocenters. The van der Waals surface area contributed by atoms with Gasteiger partial charge in [-0.25, -0.2) is 4.98 Å². The molecule has 1 aliphatic rings. The predicted molar refractivity (Wildman–Crippen MR) is 102 cm³/mol. The average molecular weight is 374 g/mol. The molecular weight excluding hydrogens is 352 g/mol. The van der Waals surface area contributed by atoms with Crippen LogP contribution in [0.1, 0.15) is 29.1 Å². The number of ketones is 1. The zero-order chi connectivity index (χ0) is 18.5. The van der Waals surface area contributed by atoms with Crippen molar-refractivity contribution in [3.8, 4) is 0 Å². The number of guanidine groups is 1. The van der Waals surface area contributed by atoms with E-state index in [1.807, 2.05) is 24.3 Å². The van der Waals surface area contributed by atoms with Crippen molar-refractivity contribution in [3.05, 3.63) is 29.3 Å². The molecule has 0 saturated carbocycles. The molecule has 1 aliphatic heterocycles. The lowest BCUT2D eigenvalue weighted by atomic mass is 10.0. The molecule has 1 saturated heterocycles. The molecule has 6 N–H and O–H groups in total. The molecule has 3 rings (SSSR count). The summed E-state index contributed by atoms with van der Waals surface area (Å²) in [6.07, 6.45) is 1.81. The molecule has 1 fully saturated rings. The van der Waals surface area contributed by atoms with E-state index >= 15 is 0 Å². The Morgan fingerprint density at radius 2 is 2.15 bits per heavy atom. The van der Waals surface area contributed by atoms with Crippen molar-refractivity contribution in [2.24, 2.45) is 16.5 Å². The van der Waals surface area contributed by atoms with Gasteiger partial charge >= 0.3 is 0 Å². The molecule has 8 nitrogen and oxygen atoms in total. The summed E-state index contributed by atoms with van der Waals surface area (Å²) in [5, 5.41) is 6.30. The molecule has 0 spiro atoms. The number of nitrogens with zero attached hydrogens (tertiary/aromatic N) is 2. The summed E-state index contributed by atoms with van der Waals surface area (Å²) in [4.78, 5) is 33.5. The molecule has 2 heterocycles. The Bertz CT molecular complexity index is 793. The van der Waals surface area contributed by atoms with E-state index in [2.05, 4.69) is 20.6 Å². The second-order valence-corrected chi connectivity index (χ2v) is 7.19. The van der Waals surface area contributed by atoms with Gasteiger partial charge in [-0.15, -0.1) is 11.3 Å². The summed E-state index contributed by atoms with van der Waals surface area (Å²) in [6.45, 7) is 1.22. The molecule has 2 aromatic rings. The Morgan fingerprint density at radius 1 is 1.38 bits per heavy atom. The maximum Gasteiger partial charge on any atom is 0.237 e. The monoisotopic (exact) mass is 374 g/mol. The van der Waals surface area contributed by atoms with Gasteiger partial charge in [-0.3, -0.25) is 14.6 Å². The minimum Gasteiger partial charge on any atom is -0.370 e. The van der Waals surface area contributed by atoms with Gasteiger partial charge in [-0.05, 0) is 37.9 Å². The topological polar surface area (TPSA) is 135 Å². The van der Waals surface area contributed by atoms with Gasteiger partial charge in [0.1, 0.15) is 0 Å². The summed E-state index contributed by atoms with van der Waals surface area (Å²) in [5.74, 6) is -0.317. The van der Waals surface area contributed by atoms with Gasteiger partial charge < -0.3 is 22.1 Å². The largest absolute Gasteiger partial charge is 0.370 e. The van der Waals surface area contributed by atoms with E-state index in [1.54, 1.807) is 0 Å². The van der Waals surface area contributed by atoms with Crippen LogP contribution in [0.25, 0.3) is 10.2 Å². The zero-order valence-corrected chi connectivity index (χ0v) is 15.1. The van der Waals surface area contributed by atoms with Gasteiger partial charge in [0, 0.05) is 6.54 Å². The van der Waals surface area contributed by atoms with E-state index in [0.717, 1.165) is 23.2 Å². The van der Waals surface area contributed by atoms with Crippen molar-refractivity contribution in [3.63, 3.8) is 0 Å². The molecule has 1 aromatic heterocycles. The third-order valence-electron chi connectivity index (χ3n) is 4.22. The number of aromatic nitrogens is 1. The number of thiazole rings is 1. The van der Waals surface area contributed by atoms with E-state index in [9.17, 15) is 9.59 Å². The van der Waals surface area contributed by atoms with Crippen molar-refractivity contribution < 1.29 is 9.59 Å². The van der Waals surface area contributed by atoms with Crippen LogP contribution in [0.2, 0.25) is 0 Å². The molecule has 0 radical (unpaired) electrons. The van der Waals surface area contributed by atoms with Crippen molar-refractivity contribution in [1.82, 2.24) is 15.6 Å². The number of benzene rings is 1. The molecule has 0 aliphatic carbocycles. The van der Waals surface area contributed by atoms with Crippen LogP contribution in [-0.4, -0.2) is 47.8 Å². The standard InChI is InChI=1S/C17H22N6O2S/c18-17(19)21-8-3-5-11(22-15(25)12-7-9-20-12)14(24)16-23-10-4-1-2-6-13(10)26-16/h1-2,4,6,11-12,20H,3,5,7-9H2,(H,22,25)(H4,18,19,21)/t11?,12-/m0/s1. The Labute approximate surface area is 155 Å². The number of carbonyl (C=O) groups excluding carboxylic acids is 2. The molecule has 138 valence electrons. The second kappa shape index (κ2) is 8.24. The third-order valence-corrected chi connectivity index (χ3v) is 5.27. The number of Topliss-reactive ketones (excluding diaryl/α,β-unsaturated/α-hetero) is 1. The zero-order valence-electron chi connectivity index (χ0n) is 14.3. The van der Waals surface area contributed by atoms with Gasteiger partial charge in [-0.1, -0.05) is 12.1 Å². The molecular formula is C17H22N6O2S. The summed E-state index contributed by atoms with van der Waals surface area (Å²) in [6, 6.07) is 6.72. The molecule has 1 aromatic carbocycles. The number of nitrogens with two attached hydrogens (primary N) is 2. The highest BCUT2D eigenvalue weighted by molar-refractivity contribution is 7.20. The lowest BCUT2D eigenvalue weighted by molar-refractivity contribution is -0.125. The first-order chi connectivity index (χ1) is 12.5. The van der Waals surface area contributed by atoms with Crippen LogP contribution in [-0.2, 0) is 4.79 Å². The van der Waals surface area contributed by atoms with Gasteiger partial charge in [0.25, 0.3) is 0 Å². The van der Waals surface area contributed by atoms with Crippen molar-refractivity contribution in [2.75, 3.05) is 13.1 Å². The Balaban J connectivity index is 1.72. The van der Waals surface area contributed by atoms with E-state index in [1.165, 1.54) is 11.3 Å². The molecule has 9 heteroatoms. The number of amides is 1. The van der Waals surface area contributed by atoms with Crippen LogP contribution in [0.4, 0.5) is 0 Å². The Morgan fingerprint density at radius 3 is 2.81 bits per heavy atom. The van der Waals surface area contributed by atoms with Gasteiger partial charge in [0.2, 0.25) is 11.7 Å². The third kappa shape index (κ3) is 4.36. The number of nitrogens with one attached hydrogen (secondary N) is 2. The first-order valence-electron chi connectivity index (χ1n) is 8.53. The van der Waals surface area contributed by atoms with Crippen LogP contribution in [0.3, 0.4) is 0 Å². The first-order valence-corrected chi connectivity index (χ1v) is 9.35. The molecule has 1 amide bonds.